The minimum absolute atomic E-state index is 0.544. The van der Waals surface area contributed by atoms with Gasteiger partial charge in [-0.15, -0.1) is 0 Å². The van der Waals surface area contributed by atoms with Gasteiger partial charge in [-0.05, 0) is 0 Å². The van der Waals surface area contributed by atoms with Crippen molar-refractivity contribution in [1.82, 2.24) is 12.6 Å². The van der Waals surface area contributed by atoms with Gasteiger partial charge in [-0.1, -0.05) is 0 Å². The molecule has 7 heteroatoms. The van der Waals surface area contributed by atoms with Crippen LogP contribution in [0, 0.1) is 0 Å². The number of thioether (sulfide) groups is 1. The predicted octanol–water partition coefficient (Wildman–Crippen LogP) is 1.23. The third kappa shape index (κ3) is 5.11. The van der Waals surface area contributed by atoms with Gasteiger partial charge in [-0.25, -0.2) is 0 Å². The Hall–Kier alpha value is -0.608. The molecular formula is C12H15N4OSTl. The molecule has 0 radical (unpaired) electrons. The van der Waals surface area contributed by atoms with Crippen molar-refractivity contribution in [2.24, 2.45) is 5.73 Å². The van der Waals surface area contributed by atoms with Crippen LogP contribution in [0.5, 0.6) is 5.75 Å². The molecule has 0 saturated heterocycles. The molecule has 2 rings (SSSR count). The Labute approximate surface area is 133 Å². The quantitative estimate of drug-likeness (QED) is 0.377. The Morgan fingerprint density at radius 2 is 2.32 bits per heavy atom. The van der Waals surface area contributed by atoms with Crippen LogP contribution in [0.1, 0.15) is 12.0 Å². The summed E-state index contributed by atoms with van der Waals surface area (Å²) in [5.74, 6) is 1.85. The van der Waals surface area contributed by atoms with Gasteiger partial charge < -0.3 is 5.73 Å². The number of nitrogens with two attached hydrogens (primary N) is 1. The van der Waals surface area contributed by atoms with E-state index in [0.717, 1.165) is 28.6 Å². The van der Waals surface area contributed by atoms with Gasteiger partial charge in [-0.3, -0.25) is 0 Å². The van der Waals surface area contributed by atoms with Gasteiger partial charge in [0.15, 0.2) is 0 Å². The van der Waals surface area contributed by atoms with Crippen molar-refractivity contribution in [1.29, 1.82) is 0 Å². The normalized spacial score (nSPS) is 10.5. The van der Waals surface area contributed by atoms with Crippen LogP contribution in [-0.2, 0) is 6.54 Å². The molecule has 0 saturated carbocycles. The molecule has 0 spiro atoms. The third-order valence-electron chi connectivity index (χ3n) is 2.41. The summed E-state index contributed by atoms with van der Waals surface area (Å²) in [6.45, 7) is 1.24. The van der Waals surface area contributed by atoms with Crippen molar-refractivity contribution >= 4 is 37.8 Å². The number of rotatable bonds is 7. The Morgan fingerprint density at radius 3 is 3.05 bits per heavy atom. The second kappa shape index (κ2) is 7.85. The van der Waals surface area contributed by atoms with Crippen LogP contribution in [-0.4, -0.2) is 51.0 Å². The van der Waals surface area contributed by atoms with Crippen LogP contribution in [0.4, 0.5) is 0 Å². The number of hydrogen-bond donors (Lipinski definition) is 1. The van der Waals surface area contributed by atoms with E-state index < -0.39 is 0 Å². The third-order valence-corrected chi connectivity index (χ3v) is 4.32. The van der Waals surface area contributed by atoms with Crippen molar-refractivity contribution in [3.05, 3.63) is 36.2 Å². The molecule has 0 fully saturated rings. The van der Waals surface area contributed by atoms with Crippen LogP contribution in [0.25, 0.3) is 0 Å². The zero-order chi connectivity index (χ0) is 13.5. The Balaban J connectivity index is 1.66. The van der Waals surface area contributed by atoms with E-state index in [-0.39, 0.29) is 0 Å². The second-order valence-electron chi connectivity index (χ2n) is 3.91. The first kappa shape index (κ1) is 14.8. The number of aromatic nitrogens is 3. The van der Waals surface area contributed by atoms with E-state index in [0.29, 0.717) is 39.2 Å². The van der Waals surface area contributed by atoms with Gasteiger partial charge in [0.05, 0.1) is 0 Å². The molecule has 0 amide bonds. The van der Waals surface area contributed by atoms with Crippen LogP contribution in [0.2, 0.25) is 0 Å². The first-order valence-corrected chi connectivity index (χ1v) is 8.98. The van der Waals surface area contributed by atoms with Crippen LogP contribution in [0.3, 0.4) is 0 Å². The molecule has 0 bridgehead atoms. The molecule has 0 atom stereocenters. The average molecular weight is 468 g/mol. The van der Waals surface area contributed by atoms with E-state index in [1.165, 1.54) is 0 Å². The number of hydrogen-bond acceptors (Lipinski definition) is 5. The van der Waals surface area contributed by atoms with E-state index in [2.05, 4.69) is 10.1 Å². The van der Waals surface area contributed by atoms with Crippen LogP contribution >= 0.6 is 11.8 Å². The zero-order valence-electron chi connectivity index (χ0n) is 10.5. The van der Waals surface area contributed by atoms with Gasteiger partial charge in [0.25, 0.3) is 0 Å². The van der Waals surface area contributed by atoms with Crippen molar-refractivity contribution in [2.75, 3.05) is 12.4 Å². The number of benzene rings is 1. The zero-order valence-corrected chi connectivity index (χ0v) is 15.8. The molecule has 19 heavy (non-hydrogen) atoms. The Bertz CT molecular complexity index is 520. The standard InChI is InChI=1S/C12H15N4OS.Tl/c13-8-10-3-1-4-11(7-10)17-5-2-6-18-12-14-9-15-16-12;/h1,3-4,7,9H,2,5-6,8,13H2;/q-1;+1. The Morgan fingerprint density at radius 1 is 1.42 bits per heavy atom. The topological polar surface area (TPSA) is 66.0 Å². The minimum atomic E-state index is 0.544. The fourth-order valence-electron chi connectivity index (χ4n) is 1.50. The summed E-state index contributed by atoms with van der Waals surface area (Å²) in [5.41, 5.74) is 6.68. The van der Waals surface area contributed by atoms with Crippen LogP contribution < -0.4 is 10.5 Å². The molecule has 0 aliphatic heterocycles. The fourth-order valence-corrected chi connectivity index (χ4v) is 3.23. The predicted molar refractivity (Wildman–Crippen MR) is 76.3 cm³/mol. The average Bonchev–Trinajstić information content (AvgIpc) is 2.84. The molecule has 1 aromatic carbocycles. The van der Waals surface area contributed by atoms with E-state index in [1.807, 2.05) is 26.8 Å². The first-order valence-electron chi connectivity index (χ1n) is 5.99. The second-order valence-corrected chi connectivity index (χ2v) is 7.03. The summed E-state index contributed by atoms with van der Waals surface area (Å²) in [4.78, 5) is 4.20. The van der Waals surface area contributed by atoms with Gasteiger partial charge in [0.1, 0.15) is 0 Å². The molecule has 0 aliphatic rings. The molecule has 0 unspecified atom stereocenters. The maximum atomic E-state index is 5.68. The molecule has 5 nitrogen and oxygen atoms in total. The molecule has 1 aromatic heterocycles. The Kier molecular flexibility index (Phi) is 6.12. The molecule has 2 N–H and O–H groups in total. The summed E-state index contributed by atoms with van der Waals surface area (Å²) in [5, 5.41) is 5.13. The van der Waals surface area contributed by atoms with Gasteiger partial charge in [-0.2, -0.15) is 0 Å². The van der Waals surface area contributed by atoms with E-state index in [1.54, 1.807) is 18.1 Å². The van der Waals surface area contributed by atoms with Crippen molar-refractivity contribution in [2.45, 2.75) is 18.1 Å². The molecule has 0 aliphatic carbocycles. The van der Waals surface area contributed by atoms with Gasteiger partial charge in [0, 0.05) is 0 Å². The first-order chi connectivity index (χ1) is 9.28. The fraction of sp³-hybridized carbons (Fsp3) is 0.333. The van der Waals surface area contributed by atoms with Crippen molar-refractivity contribution < 1.29 is 4.74 Å². The summed E-state index contributed by atoms with van der Waals surface area (Å²) in [6, 6.07) is 7.91. The number of nitrogens with zero attached hydrogens (tertiary/aromatic N) is 3. The van der Waals surface area contributed by atoms with Gasteiger partial charge >= 0.3 is 128 Å². The van der Waals surface area contributed by atoms with Crippen LogP contribution in [0.15, 0.2) is 35.7 Å². The van der Waals surface area contributed by atoms with Gasteiger partial charge in [0.2, 0.25) is 0 Å². The van der Waals surface area contributed by atoms with E-state index >= 15 is 0 Å². The monoisotopic (exact) mass is 468 g/mol. The SMILES string of the molecule is NCc1cccc(OCCCSc2nc[n]([Tl])n2)c1. The number of ether oxygens (including phenoxy) is 1. The molecule has 1 heterocycles. The molecule has 98 valence electrons. The molecular weight excluding hydrogens is 453 g/mol. The maximum absolute atomic E-state index is 5.68. The summed E-state index contributed by atoms with van der Waals surface area (Å²) < 4.78 is 7.56. The van der Waals surface area contributed by atoms with Crippen molar-refractivity contribution in [3.63, 3.8) is 0 Å². The summed E-state index contributed by atoms with van der Waals surface area (Å²) >= 11 is 2.35. The molecule has 2 aromatic rings. The van der Waals surface area contributed by atoms with E-state index in [9.17, 15) is 0 Å². The summed E-state index contributed by atoms with van der Waals surface area (Å²) in [7, 11) is 0. The summed E-state index contributed by atoms with van der Waals surface area (Å²) in [6.07, 6.45) is 2.75. The van der Waals surface area contributed by atoms with E-state index in [4.69, 9.17) is 10.5 Å². The van der Waals surface area contributed by atoms with Crippen molar-refractivity contribution in [3.8, 4) is 5.75 Å².